The van der Waals surface area contributed by atoms with Crippen LogP contribution in [0.1, 0.15) is 26.2 Å². The number of carbonyl (C=O) groups is 1. The summed E-state index contributed by atoms with van der Waals surface area (Å²) in [6, 6.07) is -0.0282. The third-order valence-corrected chi connectivity index (χ3v) is 4.18. The van der Waals surface area contributed by atoms with Crippen LogP contribution >= 0.6 is 0 Å². The molecule has 0 spiro atoms. The van der Waals surface area contributed by atoms with Crippen molar-refractivity contribution in [2.75, 3.05) is 32.8 Å². The van der Waals surface area contributed by atoms with E-state index in [-0.39, 0.29) is 24.6 Å². The molecule has 5 nitrogen and oxygen atoms in total. The van der Waals surface area contributed by atoms with E-state index in [0.717, 1.165) is 32.6 Å². The van der Waals surface area contributed by atoms with E-state index in [1.165, 1.54) is 12.8 Å². The van der Waals surface area contributed by atoms with Crippen molar-refractivity contribution < 1.29 is 9.90 Å². The number of hydrogen-bond donors (Lipinski definition) is 3. The molecule has 1 saturated heterocycles. The SMILES string of the molecule is CCCN1CCC(CNC(=O)N[C@@H]2C=C[C@H](CO)C2)C1. The maximum Gasteiger partial charge on any atom is 0.315 e. The van der Waals surface area contributed by atoms with Gasteiger partial charge in [-0.1, -0.05) is 19.1 Å². The summed E-state index contributed by atoms with van der Waals surface area (Å²) >= 11 is 0. The van der Waals surface area contributed by atoms with Gasteiger partial charge in [-0.25, -0.2) is 4.79 Å². The lowest BCUT2D eigenvalue weighted by atomic mass is 10.1. The lowest BCUT2D eigenvalue weighted by Crippen LogP contribution is -2.43. The average molecular weight is 281 g/mol. The van der Waals surface area contributed by atoms with Gasteiger partial charge in [0.1, 0.15) is 0 Å². The van der Waals surface area contributed by atoms with Crippen molar-refractivity contribution in [3.63, 3.8) is 0 Å². The Balaban J connectivity index is 1.60. The van der Waals surface area contributed by atoms with Gasteiger partial charge in [0.2, 0.25) is 0 Å². The van der Waals surface area contributed by atoms with Crippen LogP contribution in [0.5, 0.6) is 0 Å². The molecule has 1 fully saturated rings. The van der Waals surface area contributed by atoms with Crippen LogP contribution in [0.2, 0.25) is 0 Å². The maximum absolute atomic E-state index is 11.8. The third kappa shape index (κ3) is 4.49. The molecule has 2 rings (SSSR count). The van der Waals surface area contributed by atoms with Gasteiger partial charge in [0.25, 0.3) is 0 Å². The second-order valence-electron chi connectivity index (χ2n) is 5.98. The van der Waals surface area contributed by atoms with Crippen LogP contribution in [0.4, 0.5) is 4.79 Å². The second kappa shape index (κ2) is 7.64. The van der Waals surface area contributed by atoms with Crippen LogP contribution in [0.3, 0.4) is 0 Å². The Morgan fingerprint density at radius 1 is 1.45 bits per heavy atom. The van der Waals surface area contributed by atoms with Crippen LogP contribution in [0.25, 0.3) is 0 Å². The van der Waals surface area contributed by atoms with Crippen LogP contribution in [0, 0.1) is 11.8 Å². The quantitative estimate of drug-likeness (QED) is 0.635. The molecule has 0 aromatic heterocycles. The number of hydrogen-bond acceptors (Lipinski definition) is 3. The van der Waals surface area contributed by atoms with E-state index in [9.17, 15) is 4.79 Å². The van der Waals surface area contributed by atoms with E-state index < -0.39 is 0 Å². The average Bonchev–Trinajstić information content (AvgIpc) is 3.06. The number of amides is 2. The van der Waals surface area contributed by atoms with Crippen molar-refractivity contribution in [1.29, 1.82) is 0 Å². The largest absolute Gasteiger partial charge is 0.396 e. The van der Waals surface area contributed by atoms with E-state index in [1.54, 1.807) is 0 Å². The van der Waals surface area contributed by atoms with Gasteiger partial charge >= 0.3 is 6.03 Å². The van der Waals surface area contributed by atoms with Gasteiger partial charge < -0.3 is 20.6 Å². The van der Waals surface area contributed by atoms with Crippen LogP contribution in [0.15, 0.2) is 12.2 Å². The zero-order valence-electron chi connectivity index (χ0n) is 12.3. The van der Waals surface area contributed by atoms with Crippen LogP contribution in [-0.2, 0) is 0 Å². The first kappa shape index (κ1) is 15.3. The molecule has 0 aromatic carbocycles. The van der Waals surface area contributed by atoms with Gasteiger partial charge in [-0.15, -0.1) is 0 Å². The standard InChI is InChI=1S/C15H27N3O2/c1-2-6-18-7-5-13(10-18)9-16-15(20)17-14-4-3-12(8-14)11-19/h3-4,12-14,19H,2,5-11H2,1H3,(H2,16,17,20)/t12-,13?,14+/m0/s1. The fourth-order valence-corrected chi connectivity index (χ4v) is 3.07. The lowest BCUT2D eigenvalue weighted by molar-refractivity contribution is 0.229. The maximum atomic E-state index is 11.8. The highest BCUT2D eigenvalue weighted by Crippen LogP contribution is 2.17. The number of aliphatic hydroxyl groups excluding tert-OH is 1. The monoisotopic (exact) mass is 281 g/mol. The Morgan fingerprint density at radius 2 is 2.30 bits per heavy atom. The molecule has 0 radical (unpaired) electrons. The van der Waals surface area contributed by atoms with Crippen molar-refractivity contribution in [2.24, 2.45) is 11.8 Å². The normalized spacial score (nSPS) is 29.8. The van der Waals surface area contributed by atoms with Gasteiger partial charge in [-0.05, 0) is 38.3 Å². The van der Waals surface area contributed by atoms with Crippen molar-refractivity contribution in [2.45, 2.75) is 32.2 Å². The molecule has 5 heteroatoms. The first-order chi connectivity index (χ1) is 9.71. The van der Waals surface area contributed by atoms with Crippen molar-refractivity contribution >= 4 is 6.03 Å². The smallest absolute Gasteiger partial charge is 0.315 e. The lowest BCUT2D eigenvalue weighted by Gasteiger charge is -2.17. The van der Waals surface area contributed by atoms with Gasteiger partial charge in [0.15, 0.2) is 0 Å². The summed E-state index contributed by atoms with van der Waals surface area (Å²) in [7, 11) is 0. The Kier molecular flexibility index (Phi) is 5.86. The summed E-state index contributed by atoms with van der Waals surface area (Å²) < 4.78 is 0. The third-order valence-electron chi connectivity index (χ3n) is 4.18. The topological polar surface area (TPSA) is 64.6 Å². The van der Waals surface area contributed by atoms with Crippen molar-refractivity contribution in [3.8, 4) is 0 Å². The van der Waals surface area contributed by atoms with Gasteiger partial charge in [-0.2, -0.15) is 0 Å². The molecule has 1 aliphatic carbocycles. The molecule has 1 aliphatic heterocycles. The minimum absolute atomic E-state index is 0.0623. The van der Waals surface area contributed by atoms with E-state index >= 15 is 0 Å². The molecule has 20 heavy (non-hydrogen) atoms. The molecule has 114 valence electrons. The summed E-state index contributed by atoms with van der Waals surface area (Å²) in [5, 5.41) is 15.0. The fourth-order valence-electron chi connectivity index (χ4n) is 3.07. The molecule has 0 aromatic rings. The van der Waals surface area contributed by atoms with E-state index in [1.807, 2.05) is 12.2 Å². The van der Waals surface area contributed by atoms with Crippen molar-refractivity contribution in [1.82, 2.24) is 15.5 Å². The minimum atomic E-state index is -0.0906. The number of likely N-dealkylation sites (tertiary alicyclic amines) is 1. The molecule has 3 N–H and O–H groups in total. The first-order valence-electron chi connectivity index (χ1n) is 7.77. The van der Waals surface area contributed by atoms with E-state index in [0.29, 0.717) is 5.92 Å². The summed E-state index contributed by atoms with van der Waals surface area (Å²) in [6.07, 6.45) is 7.12. The summed E-state index contributed by atoms with van der Waals surface area (Å²) in [4.78, 5) is 14.3. The molecule has 0 bridgehead atoms. The number of urea groups is 1. The molecule has 1 heterocycles. The summed E-state index contributed by atoms with van der Waals surface area (Å²) in [5.74, 6) is 0.773. The minimum Gasteiger partial charge on any atom is -0.396 e. The molecule has 3 atom stereocenters. The highest BCUT2D eigenvalue weighted by Gasteiger charge is 2.23. The fraction of sp³-hybridized carbons (Fsp3) is 0.800. The highest BCUT2D eigenvalue weighted by molar-refractivity contribution is 5.74. The Labute approximate surface area is 121 Å². The summed E-state index contributed by atoms with van der Waals surface area (Å²) in [5.41, 5.74) is 0. The molecule has 2 amide bonds. The number of aliphatic hydroxyl groups is 1. The Bertz CT molecular complexity index is 346. The number of carbonyl (C=O) groups excluding carboxylic acids is 1. The number of rotatable bonds is 6. The molecular formula is C15H27N3O2. The number of nitrogens with one attached hydrogen (secondary N) is 2. The zero-order chi connectivity index (χ0) is 14.4. The van der Waals surface area contributed by atoms with Gasteiger partial charge in [-0.3, -0.25) is 0 Å². The Morgan fingerprint density at radius 3 is 3.00 bits per heavy atom. The first-order valence-corrected chi connectivity index (χ1v) is 7.77. The van der Waals surface area contributed by atoms with E-state index in [4.69, 9.17) is 5.11 Å². The molecular weight excluding hydrogens is 254 g/mol. The molecule has 0 saturated carbocycles. The van der Waals surface area contributed by atoms with Gasteiger partial charge in [0, 0.05) is 31.7 Å². The summed E-state index contributed by atoms with van der Waals surface area (Å²) in [6.45, 7) is 6.54. The predicted molar refractivity (Wildman–Crippen MR) is 79.5 cm³/mol. The molecule has 2 aliphatic rings. The second-order valence-corrected chi connectivity index (χ2v) is 5.98. The van der Waals surface area contributed by atoms with Crippen LogP contribution < -0.4 is 10.6 Å². The Hall–Kier alpha value is -1.07. The van der Waals surface area contributed by atoms with Crippen LogP contribution in [-0.4, -0.2) is 54.9 Å². The van der Waals surface area contributed by atoms with Gasteiger partial charge in [0.05, 0.1) is 0 Å². The number of nitrogens with zero attached hydrogens (tertiary/aromatic N) is 1. The van der Waals surface area contributed by atoms with E-state index in [2.05, 4.69) is 22.5 Å². The van der Waals surface area contributed by atoms with Crippen molar-refractivity contribution in [3.05, 3.63) is 12.2 Å². The highest BCUT2D eigenvalue weighted by atomic mass is 16.3. The predicted octanol–water partition coefficient (Wildman–Crippen LogP) is 0.955. The molecule has 1 unspecified atom stereocenters. The zero-order valence-corrected chi connectivity index (χ0v) is 12.3.